The molecule has 2 N–H and O–H groups in total. The number of rotatable bonds is 9. The first-order valence-electron chi connectivity index (χ1n) is 10.7. The van der Waals surface area contributed by atoms with Crippen LogP contribution in [0.15, 0.2) is 60.7 Å². The van der Waals surface area contributed by atoms with E-state index in [1.165, 1.54) is 25.7 Å². The summed E-state index contributed by atoms with van der Waals surface area (Å²) in [5.41, 5.74) is 11.7. The van der Waals surface area contributed by atoms with E-state index in [1.807, 2.05) is 43.3 Å². The molecule has 0 saturated heterocycles. The summed E-state index contributed by atoms with van der Waals surface area (Å²) in [5.74, 6) is -0.365. The summed E-state index contributed by atoms with van der Waals surface area (Å²) in [6.07, 6.45) is 6.02. The molecule has 0 radical (unpaired) electrons. The third kappa shape index (κ3) is 4.45. The fourth-order valence-corrected chi connectivity index (χ4v) is 4.32. The molecule has 3 nitrogen and oxygen atoms in total. The van der Waals surface area contributed by atoms with Gasteiger partial charge in [0.1, 0.15) is 0 Å². The number of unbranched alkanes of at least 4 members (excludes halogenated alkanes) is 3. The number of primary amides is 1. The van der Waals surface area contributed by atoms with Gasteiger partial charge in [0.05, 0.1) is 11.3 Å². The number of hydrogen-bond donors (Lipinski definition) is 1. The summed E-state index contributed by atoms with van der Waals surface area (Å²) < 4.78 is 2.34. The second kappa shape index (κ2) is 9.60. The molecule has 0 aliphatic rings. The van der Waals surface area contributed by atoms with E-state index in [0.29, 0.717) is 5.56 Å². The molecule has 152 valence electrons. The molecule has 0 saturated carbocycles. The molecule has 1 amide bonds. The summed E-state index contributed by atoms with van der Waals surface area (Å²) in [4.78, 5) is 12.5. The average Bonchev–Trinajstić information content (AvgIpc) is 3.05. The van der Waals surface area contributed by atoms with E-state index in [0.717, 1.165) is 34.5 Å². The quantitative estimate of drug-likeness (QED) is 0.404. The SMILES string of the molecule is CCCCCCC(C)n1c(C)c(C(N)=O)c(-c2ccccc2)c1-c1ccccc1. The Morgan fingerprint density at radius 1 is 0.931 bits per heavy atom. The van der Waals surface area contributed by atoms with Gasteiger partial charge in [-0.3, -0.25) is 4.79 Å². The van der Waals surface area contributed by atoms with E-state index in [1.54, 1.807) is 0 Å². The van der Waals surface area contributed by atoms with Crippen molar-refractivity contribution in [2.75, 3.05) is 0 Å². The van der Waals surface area contributed by atoms with Crippen molar-refractivity contribution in [3.8, 4) is 22.4 Å². The zero-order chi connectivity index (χ0) is 20.8. The Bertz CT molecular complexity index is 942. The number of nitrogens with zero attached hydrogens (tertiary/aromatic N) is 1. The van der Waals surface area contributed by atoms with Crippen molar-refractivity contribution in [2.24, 2.45) is 5.73 Å². The molecule has 3 rings (SSSR count). The van der Waals surface area contributed by atoms with Crippen LogP contribution in [0.25, 0.3) is 22.4 Å². The summed E-state index contributed by atoms with van der Waals surface area (Å²) in [7, 11) is 0. The highest BCUT2D eigenvalue weighted by molar-refractivity contribution is 6.05. The van der Waals surface area contributed by atoms with Gasteiger partial charge in [-0.05, 0) is 31.4 Å². The molecule has 3 aromatic rings. The first-order valence-corrected chi connectivity index (χ1v) is 10.7. The molecule has 0 fully saturated rings. The summed E-state index contributed by atoms with van der Waals surface area (Å²) in [6.45, 7) is 6.52. The molecule has 2 aromatic carbocycles. The van der Waals surface area contributed by atoms with Crippen molar-refractivity contribution in [3.63, 3.8) is 0 Å². The van der Waals surface area contributed by atoms with Gasteiger partial charge in [0.2, 0.25) is 0 Å². The van der Waals surface area contributed by atoms with Crippen LogP contribution >= 0.6 is 0 Å². The maximum Gasteiger partial charge on any atom is 0.251 e. The van der Waals surface area contributed by atoms with E-state index in [-0.39, 0.29) is 11.9 Å². The maximum atomic E-state index is 12.5. The number of aromatic nitrogens is 1. The van der Waals surface area contributed by atoms with Gasteiger partial charge < -0.3 is 10.3 Å². The number of carbonyl (C=O) groups excluding carboxylic acids is 1. The van der Waals surface area contributed by atoms with Gasteiger partial charge in [-0.25, -0.2) is 0 Å². The topological polar surface area (TPSA) is 48.0 Å². The largest absolute Gasteiger partial charge is 0.366 e. The molecule has 1 heterocycles. The third-order valence-electron chi connectivity index (χ3n) is 5.72. The number of hydrogen-bond acceptors (Lipinski definition) is 1. The smallest absolute Gasteiger partial charge is 0.251 e. The van der Waals surface area contributed by atoms with Gasteiger partial charge in [-0.15, -0.1) is 0 Å². The minimum Gasteiger partial charge on any atom is -0.366 e. The second-order valence-corrected chi connectivity index (χ2v) is 7.85. The Balaban J connectivity index is 2.21. The standard InChI is InChI=1S/C26H32N2O/c1-4-5-6-9-14-19(2)28-20(3)23(26(27)29)24(21-15-10-7-11-16-21)25(28)22-17-12-8-13-18-22/h7-8,10-13,15-19H,4-6,9,14H2,1-3H3,(H2,27,29). The summed E-state index contributed by atoms with van der Waals surface area (Å²) >= 11 is 0. The van der Waals surface area contributed by atoms with Crippen molar-refractivity contribution in [3.05, 3.63) is 71.9 Å². The van der Waals surface area contributed by atoms with Crippen LogP contribution in [-0.4, -0.2) is 10.5 Å². The van der Waals surface area contributed by atoms with Crippen LogP contribution < -0.4 is 5.73 Å². The average molecular weight is 389 g/mol. The first kappa shape index (κ1) is 20.9. The van der Waals surface area contributed by atoms with E-state index in [4.69, 9.17) is 5.73 Å². The lowest BCUT2D eigenvalue weighted by Crippen LogP contribution is -2.14. The first-order chi connectivity index (χ1) is 14.1. The van der Waals surface area contributed by atoms with Crippen molar-refractivity contribution in [1.29, 1.82) is 0 Å². The zero-order valence-corrected chi connectivity index (χ0v) is 17.8. The highest BCUT2D eigenvalue weighted by atomic mass is 16.1. The Labute approximate surface area is 174 Å². The van der Waals surface area contributed by atoms with Crippen molar-refractivity contribution >= 4 is 5.91 Å². The van der Waals surface area contributed by atoms with Crippen LogP contribution in [0.1, 0.15) is 68.0 Å². The van der Waals surface area contributed by atoms with Crippen molar-refractivity contribution in [2.45, 2.75) is 58.9 Å². The third-order valence-corrected chi connectivity index (χ3v) is 5.72. The van der Waals surface area contributed by atoms with Crippen LogP contribution in [0.3, 0.4) is 0 Å². The molecule has 3 heteroatoms. The Morgan fingerprint density at radius 2 is 1.52 bits per heavy atom. The zero-order valence-electron chi connectivity index (χ0n) is 17.8. The van der Waals surface area contributed by atoms with Crippen LogP contribution in [-0.2, 0) is 0 Å². The molecule has 0 spiro atoms. The molecule has 1 unspecified atom stereocenters. The number of amides is 1. The summed E-state index contributed by atoms with van der Waals surface area (Å²) in [5, 5.41) is 0. The van der Waals surface area contributed by atoms with Crippen molar-refractivity contribution in [1.82, 2.24) is 4.57 Å². The molecular formula is C26H32N2O. The van der Waals surface area contributed by atoms with E-state index in [9.17, 15) is 4.79 Å². The van der Waals surface area contributed by atoms with Crippen molar-refractivity contribution < 1.29 is 4.79 Å². The lowest BCUT2D eigenvalue weighted by Gasteiger charge is -2.21. The normalized spacial score (nSPS) is 12.1. The van der Waals surface area contributed by atoms with E-state index in [2.05, 4.69) is 42.7 Å². The van der Waals surface area contributed by atoms with Crippen LogP contribution in [0.4, 0.5) is 0 Å². The molecular weight excluding hydrogens is 356 g/mol. The highest BCUT2D eigenvalue weighted by Crippen LogP contribution is 2.41. The van der Waals surface area contributed by atoms with Gasteiger partial charge in [-0.2, -0.15) is 0 Å². The van der Waals surface area contributed by atoms with Gasteiger partial charge in [0, 0.05) is 17.3 Å². The lowest BCUT2D eigenvalue weighted by atomic mass is 9.96. The van der Waals surface area contributed by atoms with Gasteiger partial charge in [0.25, 0.3) is 5.91 Å². The number of carbonyl (C=O) groups is 1. The molecule has 0 aliphatic carbocycles. The monoisotopic (exact) mass is 388 g/mol. The highest BCUT2D eigenvalue weighted by Gasteiger charge is 2.27. The molecule has 0 aliphatic heterocycles. The fourth-order valence-electron chi connectivity index (χ4n) is 4.32. The predicted octanol–water partition coefficient (Wildman–Crippen LogP) is 6.76. The second-order valence-electron chi connectivity index (χ2n) is 7.85. The number of benzene rings is 2. The lowest BCUT2D eigenvalue weighted by molar-refractivity contribution is 0.1000. The van der Waals surface area contributed by atoms with Gasteiger partial charge in [-0.1, -0.05) is 93.3 Å². The molecule has 1 aromatic heterocycles. The number of nitrogens with two attached hydrogens (primary N) is 1. The maximum absolute atomic E-state index is 12.5. The minimum atomic E-state index is -0.365. The Kier molecular flexibility index (Phi) is 6.92. The Morgan fingerprint density at radius 3 is 2.07 bits per heavy atom. The van der Waals surface area contributed by atoms with Gasteiger partial charge >= 0.3 is 0 Å². The van der Waals surface area contributed by atoms with Gasteiger partial charge in [0.15, 0.2) is 0 Å². The molecule has 1 atom stereocenters. The van der Waals surface area contributed by atoms with Crippen LogP contribution in [0.5, 0.6) is 0 Å². The predicted molar refractivity (Wildman–Crippen MR) is 122 cm³/mol. The van der Waals surface area contributed by atoms with Crippen LogP contribution in [0.2, 0.25) is 0 Å². The molecule has 0 bridgehead atoms. The Hall–Kier alpha value is -2.81. The molecule has 29 heavy (non-hydrogen) atoms. The fraction of sp³-hybridized carbons (Fsp3) is 0.346. The minimum absolute atomic E-state index is 0.289. The van der Waals surface area contributed by atoms with Crippen LogP contribution in [0, 0.1) is 6.92 Å². The van der Waals surface area contributed by atoms with E-state index >= 15 is 0 Å². The van der Waals surface area contributed by atoms with E-state index < -0.39 is 0 Å². The summed E-state index contributed by atoms with van der Waals surface area (Å²) in [6, 6.07) is 20.8.